The van der Waals surface area contributed by atoms with Gasteiger partial charge in [-0.15, -0.1) is 0 Å². The molecule has 0 radical (unpaired) electrons. The average molecular weight is 489 g/mol. The van der Waals surface area contributed by atoms with E-state index < -0.39 is 11.8 Å². The second-order valence-electron chi connectivity index (χ2n) is 8.71. The Kier molecular flexibility index (Phi) is 6.67. The fourth-order valence-electron chi connectivity index (χ4n) is 4.25. The molecule has 3 aliphatic rings. The van der Waals surface area contributed by atoms with Crippen molar-refractivity contribution in [2.75, 3.05) is 20.5 Å². The molecular formula is C29H28O7. The molecule has 0 spiro atoms. The van der Waals surface area contributed by atoms with Crippen LogP contribution >= 0.6 is 0 Å². The van der Waals surface area contributed by atoms with Crippen LogP contribution in [0.15, 0.2) is 78.4 Å². The van der Waals surface area contributed by atoms with Gasteiger partial charge in [0.2, 0.25) is 6.79 Å². The zero-order valence-corrected chi connectivity index (χ0v) is 20.2. The third-order valence-electron chi connectivity index (χ3n) is 6.38. The predicted octanol–water partition coefficient (Wildman–Crippen LogP) is 4.62. The van der Waals surface area contributed by atoms with Crippen LogP contribution in [0.25, 0.3) is 5.57 Å². The Hall–Kier alpha value is -3.81. The van der Waals surface area contributed by atoms with Gasteiger partial charge in [0.15, 0.2) is 11.5 Å². The fourth-order valence-corrected chi connectivity index (χ4v) is 4.25. The first-order valence-corrected chi connectivity index (χ1v) is 11.9. The lowest BCUT2D eigenvalue weighted by molar-refractivity contribution is -0.185. The number of fused-ring (bicyclic) bond motifs is 1. The smallest absolute Gasteiger partial charge is 0.342 e. The lowest BCUT2D eigenvalue weighted by Gasteiger charge is -2.26. The quantitative estimate of drug-likeness (QED) is 0.400. The molecule has 186 valence electrons. The number of epoxide rings is 1. The number of methoxy groups -OCH3 is 1. The van der Waals surface area contributed by atoms with Gasteiger partial charge in [-0.3, -0.25) is 0 Å². The van der Waals surface area contributed by atoms with Crippen LogP contribution in [0, 0.1) is 0 Å². The molecule has 1 N–H and O–H groups in total. The summed E-state index contributed by atoms with van der Waals surface area (Å²) in [7, 11) is 1.57. The highest BCUT2D eigenvalue weighted by Gasteiger charge is 2.48. The van der Waals surface area contributed by atoms with E-state index >= 15 is 0 Å². The normalized spacial score (nSPS) is 21.5. The number of ether oxygens (including phenoxy) is 5. The van der Waals surface area contributed by atoms with E-state index in [1.807, 2.05) is 30.3 Å². The lowest BCUT2D eigenvalue weighted by Crippen LogP contribution is -2.29. The second kappa shape index (κ2) is 10.0. The van der Waals surface area contributed by atoms with Crippen molar-refractivity contribution in [3.8, 4) is 17.2 Å². The molecule has 3 aromatic carbocycles. The first kappa shape index (κ1) is 23.9. The molecule has 7 nitrogen and oxygen atoms in total. The summed E-state index contributed by atoms with van der Waals surface area (Å²) in [6.07, 6.45) is 2.16. The number of carbonyl (C=O) groups excluding carboxylic acids is 1. The average Bonchev–Trinajstić information content (AvgIpc) is 3.58. The summed E-state index contributed by atoms with van der Waals surface area (Å²) >= 11 is 0. The Labute approximate surface area is 209 Å². The van der Waals surface area contributed by atoms with Crippen LogP contribution in [0.1, 0.15) is 30.0 Å². The van der Waals surface area contributed by atoms with E-state index in [1.54, 1.807) is 49.6 Å². The standard InChI is InChI=1S/C25H20O6.C4H8O/c1-28-19-10-8-18(9-11-19)25(27)20(13-16-5-3-2-4-6-16)23(24(26)31-25)17-7-12-21-22(14-17)30-15-29-21;1-2-4-3-5-4/h2-12,14,27H,13,15H2,1H3;4H,2-3H2,1H3. The number of benzene rings is 3. The van der Waals surface area contributed by atoms with Crippen LogP contribution < -0.4 is 14.2 Å². The molecule has 0 amide bonds. The first-order chi connectivity index (χ1) is 17.5. The Bertz CT molecular complexity index is 1260. The minimum atomic E-state index is -1.90. The van der Waals surface area contributed by atoms with E-state index in [9.17, 15) is 9.90 Å². The summed E-state index contributed by atoms with van der Waals surface area (Å²) in [5.74, 6) is -0.683. The van der Waals surface area contributed by atoms with Gasteiger partial charge >= 0.3 is 5.97 Å². The zero-order valence-electron chi connectivity index (χ0n) is 20.2. The van der Waals surface area contributed by atoms with Gasteiger partial charge < -0.3 is 28.8 Å². The number of cyclic esters (lactones) is 1. The van der Waals surface area contributed by atoms with Gasteiger partial charge in [0.25, 0.3) is 5.79 Å². The van der Waals surface area contributed by atoms with E-state index in [-0.39, 0.29) is 6.79 Å². The zero-order chi connectivity index (χ0) is 25.1. The van der Waals surface area contributed by atoms with Gasteiger partial charge in [0.1, 0.15) is 5.75 Å². The molecule has 0 aromatic heterocycles. The maximum atomic E-state index is 13.1. The van der Waals surface area contributed by atoms with Crippen LogP contribution in [0.2, 0.25) is 0 Å². The summed E-state index contributed by atoms with van der Waals surface area (Å²) in [5, 5.41) is 11.6. The third-order valence-corrected chi connectivity index (χ3v) is 6.38. The predicted molar refractivity (Wildman–Crippen MR) is 133 cm³/mol. The van der Waals surface area contributed by atoms with Crippen LogP contribution in [-0.4, -0.2) is 37.7 Å². The second-order valence-corrected chi connectivity index (χ2v) is 8.71. The van der Waals surface area contributed by atoms with Crippen molar-refractivity contribution in [1.29, 1.82) is 0 Å². The molecule has 7 heteroatoms. The Balaban J connectivity index is 0.000000477. The molecule has 3 aliphatic heterocycles. The van der Waals surface area contributed by atoms with Crippen molar-refractivity contribution in [3.05, 3.63) is 95.1 Å². The maximum absolute atomic E-state index is 13.1. The molecule has 1 saturated heterocycles. The lowest BCUT2D eigenvalue weighted by atomic mass is 9.88. The van der Waals surface area contributed by atoms with Crippen LogP contribution in [-0.2, 0) is 26.5 Å². The summed E-state index contributed by atoms with van der Waals surface area (Å²) < 4.78 is 26.5. The minimum Gasteiger partial charge on any atom is -0.497 e. The van der Waals surface area contributed by atoms with Crippen LogP contribution in [0.5, 0.6) is 17.2 Å². The molecule has 6 rings (SSSR count). The van der Waals surface area contributed by atoms with E-state index in [0.29, 0.717) is 52.0 Å². The number of esters is 1. The minimum absolute atomic E-state index is 0.134. The van der Waals surface area contributed by atoms with E-state index in [2.05, 4.69) is 6.92 Å². The molecule has 2 unspecified atom stereocenters. The van der Waals surface area contributed by atoms with E-state index in [4.69, 9.17) is 23.7 Å². The molecule has 2 atom stereocenters. The van der Waals surface area contributed by atoms with Gasteiger partial charge in [-0.05, 0) is 53.9 Å². The molecule has 0 bridgehead atoms. The molecule has 36 heavy (non-hydrogen) atoms. The largest absolute Gasteiger partial charge is 0.497 e. The highest BCUT2D eigenvalue weighted by atomic mass is 16.7. The van der Waals surface area contributed by atoms with Crippen molar-refractivity contribution in [1.82, 2.24) is 0 Å². The Morgan fingerprint density at radius 3 is 2.36 bits per heavy atom. The topological polar surface area (TPSA) is 86.8 Å². The number of aliphatic hydroxyl groups is 1. The van der Waals surface area contributed by atoms with Crippen molar-refractivity contribution in [2.45, 2.75) is 31.7 Å². The van der Waals surface area contributed by atoms with Gasteiger partial charge in [-0.1, -0.05) is 43.3 Å². The van der Waals surface area contributed by atoms with Gasteiger partial charge in [0, 0.05) is 17.6 Å². The van der Waals surface area contributed by atoms with Gasteiger partial charge in [-0.25, -0.2) is 4.79 Å². The summed E-state index contributed by atoms with van der Waals surface area (Å²) in [6.45, 7) is 3.28. The summed E-state index contributed by atoms with van der Waals surface area (Å²) in [4.78, 5) is 13.1. The molecule has 3 heterocycles. The number of hydrogen-bond acceptors (Lipinski definition) is 7. The van der Waals surface area contributed by atoms with Crippen molar-refractivity contribution in [3.63, 3.8) is 0 Å². The van der Waals surface area contributed by atoms with Crippen molar-refractivity contribution in [2.24, 2.45) is 0 Å². The van der Waals surface area contributed by atoms with Crippen LogP contribution in [0.3, 0.4) is 0 Å². The van der Waals surface area contributed by atoms with E-state index in [1.165, 1.54) is 6.42 Å². The molecule has 1 fully saturated rings. The number of carbonyl (C=O) groups is 1. The highest BCUT2D eigenvalue weighted by Crippen LogP contribution is 2.46. The van der Waals surface area contributed by atoms with Crippen molar-refractivity contribution < 1.29 is 33.6 Å². The summed E-state index contributed by atoms with van der Waals surface area (Å²) in [6, 6.07) is 21.7. The SMILES string of the molecule is CCC1CO1.COc1ccc(C2(O)OC(=O)C(c3ccc4c(c3)OCO4)=C2Cc2ccccc2)cc1. The monoisotopic (exact) mass is 488 g/mol. The molecule has 0 aliphatic carbocycles. The number of hydrogen-bond donors (Lipinski definition) is 1. The maximum Gasteiger partial charge on any atom is 0.342 e. The molecule has 0 saturated carbocycles. The van der Waals surface area contributed by atoms with E-state index in [0.717, 1.165) is 12.2 Å². The van der Waals surface area contributed by atoms with Gasteiger partial charge in [0.05, 0.1) is 25.4 Å². The Morgan fingerprint density at radius 2 is 1.72 bits per heavy atom. The van der Waals surface area contributed by atoms with Crippen molar-refractivity contribution >= 4 is 11.5 Å². The van der Waals surface area contributed by atoms with Gasteiger partial charge in [-0.2, -0.15) is 0 Å². The molecular weight excluding hydrogens is 460 g/mol. The first-order valence-electron chi connectivity index (χ1n) is 11.9. The molecule has 3 aromatic rings. The highest BCUT2D eigenvalue weighted by molar-refractivity contribution is 6.20. The third kappa shape index (κ3) is 4.80. The number of rotatable bonds is 6. The fraction of sp³-hybridized carbons (Fsp3) is 0.276. The summed E-state index contributed by atoms with van der Waals surface area (Å²) in [5.41, 5.74) is 2.78. The van der Waals surface area contributed by atoms with Crippen LogP contribution in [0.4, 0.5) is 0 Å². The Morgan fingerprint density at radius 1 is 1.00 bits per heavy atom.